The molecule has 15 heteroatoms. The number of rotatable bonds is 12. The highest BCUT2D eigenvalue weighted by molar-refractivity contribution is 8.00. The number of carbonyl (C=O) groups is 4. The van der Waals surface area contributed by atoms with Crippen LogP contribution >= 0.6 is 34.7 Å². The van der Waals surface area contributed by atoms with E-state index >= 15 is 0 Å². The van der Waals surface area contributed by atoms with E-state index in [0.29, 0.717) is 27.3 Å². The molecule has 4 rings (SSSR count). The van der Waals surface area contributed by atoms with Crippen LogP contribution in [0, 0.1) is 6.92 Å². The number of aromatic nitrogens is 3. The third-order valence-electron chi connectivity index (χ3n) is 5.89. The quantitative estimate of drug-likeness (QED) is 0.153. The van der Waals surface area contributed by atoms with Crippen LogP contribution in [0.25, 0.3) is 5.69 Å². The van der Waals surface area contributed by atoms with Gasteiger partial charge in [-0.2, -0.15) is 0 Å². The summed E-state index contributed by atoms with van der Waals surface area (Å²) in [5, 5.41) is 14.3. The van der Waals surface area contributed by atoms with Gasteiger partial charge >= 0.3 is 11.9 Å². The molecule has 226 valence electrons. The van der Waals surface area contributed by atoms with E-state index in [4.69, 9.17) is 25.5 Å². The highest BCUT2D eigenvalue weighted by Crippen LogP contribution is 2.35. The summed E-state index contributed by atoms with van der Waals surface area (Å²) in [6, 6.07) is 10.1. The molecule has 3 aromatic heterocycles. The molecule has 2 amide bonds. The minimum Gasteiger partial charge on any atom is -0.462 e. The van der Waals surface area contributed by atoms with Crippen molar-refractivity contribution in [1.29, 1.82) is 0 Å². The van der Waals surface area contributed by atoms with Crippen LogP contribution in [0.1, 0.15) is 62.7 Å². The van der Waals surface area contributed by atoms with Gasteiger partial charge in [-0.15, -0.1) is 21.5 Å². The van der Waals surface area contributed by atoms with Crippen molar-refractivity contribution < 1.29 is 33.1 Å². The topological polar surface area (TPSA) is 155 Å². The number of thiophene rings is 1. The maximum atomic E-state index is 13.4. The predicted octanol–water partition coefficient (Wildman–Crippen LogP) is 5.29. The van der Waals surface area contributed by atoms with Gasteiger partial charge in [0.25, 0.3) is 5.91 Å². The molecule has 0 saturated carbocycles. The molecule has 0 aliphatic carbocycles. The molecule has 2 N–H and O–H groups in total. The highest BCUT2D eigenvalue weighted by Gasteiger charge is 2.29. The minimum atomic E-state index is -0.740. The molecule has 0 bridgehead atoms. The molecule has 3 heterocycles. The third kappa shape index (κ3) is 7.45. The van der Waals surface area contributed by atoms with Crippen molar-refractivity contribution in [2.45, 2.75) is 44.6 Å². The summed E-state index contributed by atoms with van der Waals surface area (Å²) in [6.07, 6.45) is 1.40. The number of amides is 2. The molecule has 0 saturated heterocycles. The molecule has 43 heavy (non-hydrogen) atoms. The number of furan rings is 1. The fourth-order valence-electron chi connectivity index (χ4n) is 3.89. The lowest BCUT2D eigenvalue weighted by atomic mass is 10.1. The largest absolute Gasteiger partial charge is 0.462 e. The van der Waals surface area contributed by atoms with Crippen molar-refractivity contribution in [3.05, 3.63) is 75.3 Å². The lowest BCUT2D eigenvalue weighted by Crippen LogP contribution is -2.25. The number of hydrogen-bond donors (Lipinski definition) is 2. The van der Waals surface area contributed by atoms with Crippen LogP contribution in [0.3, 0.4) is 0 Å². The van der Waals surface area contributed by atoms with E-state index in [1.165, 1.54) is 12.3 Å². The number of anilines is 1. The van der Waals surface area contributed by atoms with E-state index < -0.39 is 29.0 Å². The Morgan fingerprint density at radius 1 is 1.09 bits per heavy atom. The Kier molecular flexibility index (Phi) is 10.6. The fraction of sp³-hybridized carbons (Fsp3) is 0.286. The molecule has 0 aliphatic heterocycles. The average Bonchev–Trinajstić information content (AvgIpc) is 3.71. The lowest BCUT2D eigenvalue weighted by molar-refractivity contribution is -0.115. The zero-order valence-electron chi connectivity index (χ0n) is 23.6. The Hall–Kier alpha value is -4.14. The van der Waals surface area contributed by atoms with Crippen LogP contribution in [-0.4, -0.2) is 57.0 Å². The van der Waals surface area contributed by atoms with Crippen molar-refractivity contribution in [3.8, 4) is 5.69 Å². The summed E-state index contributed by atoms with van der Waals surface area (Å²) >= 11 is 8.29. The fourth-order valence-corrected chi connectivity index (χ4v) is 6.05. The van der Waals surface area contributed by atoms with Crippen LogP contribution in [-0.2, 0) is 20.8 Å². The van der Waals surface area contributed by atoms with Gasteiger partial charge < -0.3 is 24.5 Å². The minimum absolute atomic E-state index is 0.00813. The monoisotopic (exact) mass is 645 g/mol. The normalized spacial score (nSPS) is 11.6. The second-order valence-electron chi connectivity index (χ2n) is 8.82. The van der Waals surface area contributed by atoms with Crippen LogP contribution in [0.2, 0.25) is 5.02 Å². The van der Waals surface area contributed by atoms with Gasteiger partial charge in [-0.05, 0) is 63.6 Å². The first-order chi connectivity index (χ1) is 20.6. The van der Waals surface area contributed by atoms with E-state index in [0.717, 1.165) is 23.1 Å². The first kappa shape index (κ1) is 31.8. The molecular formula is C28H28ClN5O7S2. The van der Waals surface area contributed by atoms with Gasteiger partial charge in [0.05, 0.1) is 42.5 Å². The van der Waals surface area contributed by atoms with Gasteiger partial charge in [0.1, 0.15) is 9.88 Å². The molecule has 1 aromatic carbocycles. The molecule has 0 spiro atoms. The first-order valence-electron chi connectivity index (χ1n) is 13.1. The molecule has 0 fully saturated rings. The summed E-state index contributed by atoms with van der Waals surface area (Å²) < 4.78 is 17.1. The summed E-state index contributed by atoms with van der Waals surface area (Å²) in [5.74, 6) is -1.62. The highest BCUT2D eigenvalue weighted by atomic mass is 35.5. The molecule has 4 aromatic rings. The van der Waals surface area contributed by atoms with Gasteiger partial charge in [0.2, 0.25) is 5.91 Å². The number of nitrogens with one attached hydrogen (secondary N) is 2. The first-order valence-corrected chi connectivity index (χ1v) is 15.2. The second kappa shape index (κ2) is 14.4. The Morgan fingerprint density at radius 3 is 2.51 bits per heavy atom. The lowest BCUT2D eigenvalue weighted by Gasteiger charge is -2.14. The van der Waals surface area contributed by atoms with Crippen LogP contribution < -0.4 is 10.6 Å². The number of esters is 2. The number of benzene rings is 1. The summed E-state index contributed by atoms with van der Waals surface area (Å²) in [5.41, 5.74) is 1.07. The van der Waals surface area contributed by atoms with E-state index in [1.54, 1.807) is 62.6 Å². The smallest absolute Gasteiger partial charge is 0.348 e. The van der Waals surface area contributed by atoms with Gasteiger partial charge in [-0.1, -0.05) is 29.4 Å². The standard InChI is InChI=1S/C28H28ClN5O7S2/c1-5-39-26(37)21-15(3)22(27(38)40-6-2)43-25(21)31-23(35)16(4)42-28-33-32-20(14-30-24(36)19-11-8-12-41-19)34(28)18-10-7-9-17(29)13-18/h7-13,16H,5-6,14H2,1-4H3,(H,30,36)(H,31,35). The Morgan fingerprint density at radius 2 is 1.84 bits per heavy atom. The number of thioether (sulfide) groups is 1. The van der Waals surface area contributed by atoms with Crippen LogP contribution in [0.5, 0.6) is 0 Å². The van der Waals surface area contributed by atoms with E-state index in [9.17, 15) is 19.2 Å². The van der Waals surface area contributed by atoms with E-state index in [-0.39, 0.29) is 41.0 Å². The summed E-state index contributed by atoms with van der Waals surface area (Å²) in [4.78, 5) is 51.3. The zero-order valence-corrected chi connectivity index (χ0v) is 26.0. The summed E-state index contributed by atoms with van der Waals surface area (Å²) in [7, 11) is 0. The number of hydrogen-bond acceptors (Lipinski definition) is 11. The number of carbonyl (C=O) groups excluding carboxylic acids is 4. The Labute approximate surface area is 260 Å². The predicted molar refractivity (Wildman–Crippen MR) is 161 cm³/mol. The van der Waals surface area contributed by atoms with Crippen molar-refractivity contribution in [3.63, 3.8) is 0 Å². The van der Waals surface area contributed by atoms with Crippen molar-refractivity contribution in [1.82, 2.24) is 20.1 Å². The van der Waals surface area contributed by atoms with Crippen molar-refractivity contribution in [2.24, 2.45) is 0 Å². The van der Waals surface area contributed by atoms with Gasteiger partial charge in [0.15, 0.2) is 16.7 Å². The van der Waals surface area contributed by atoms with Gasteiger partial charge in [-0.25, -0.2) is 9.59 Å². The molecule has 0 aliphatic rings. The third-order valence-corrected chi connectivity index (χ3v) is 8.36. The second-order valence-corrected chi connectivity index (χ2v) is 11.6. The molecular weight excluding hydrogens is 618 g/mol. The average molecular weight is 646 g/mol. The molecule has 12 nitrogen and oxygen atoms in total. The maximum absolute atomic E-state index is 13.4. The number of halogens is 1. The van der Waals surface area contributed by atoms with E-state index in [1.807, 2.05) is 0 Å². The molecule has 1 atom stereocenters. The Balaban J connectivity index is 1.59. The van der Waals surface area contributed by atoms with E-state index in [2.05, 4.69) is 20.8 Å². The number of nitrogens with zero attached hydrogens (tertiary/aromatic N) is 3. The molecule has 1 unspecified atom stereocenters. The maximum Gasteiger partial charge on any atom is 0.348 e. The van der Waals surface area contributed by atoms with Gasteiger partial charge in [-0.3, -0.25) is 14.2 Å². The van der Waals surface area contributed by atoms with Crippen LogP contribution in [0.4, 0.5) is 5.00 Å². The van der Waals surface area contributed by atoms with Crippen molar-refractivity contribution in [2.75, 3.05) is 18.5 Å². The number of ether oxygens (including phenoxy) is 2. The SMILES string of the molecule is CCOC(=O)c1sc(NC(=O)C(C)Sc2nnc(CNC(=O)c3ccco3)n2-c2cccc(Cl)c2)c(C(=O)OCC)c1C. The summed E-state index contributed by atoms with van der Waals surface area (Å²) in [6.45, 7) is 6.88. The zero-order chi connectivity index (χ0) is 31.1. The molecule has 0 radical (unpaired) electrons. The van der Waals surface area contributed by atoms with Crippen molar-refractivity contribution >= 4 is 63.5 Å². The van der Waals surface area contributed by atoms with Crippen LogP contribution in [0.15, 0.2) is 52.2 Å². The van der Waals surface area contributed by atoms with Gasteiger partial charge in [0, 0.05) is 5.02 Å². The Bertz CT molecular complexity index is 1630.